The molecule has 0 N–H and O–H groups in total. The molecule has 0 spiro atoms. The van der Waals surface area contributed by atoms with Crippen LogP contribution in [0.5, 0.6) is 0 Å². The van der Waals surface area contributed by atoms with Crippen LogP contribution >= 0.6 is 0 Å². The third kappa shape index (κ3) is 5.27. The van der Waals surface area contributed by atoms with Crippen LogP contribution in [0.2, 0.25) is 0 Å². The maximum atomic E-state index is 12.4. The number of esters is 2. The fourth-order valence-corrected chi connectivity index (χ4v) is 1.60. The van der Waals surface area contributed by atoms with Crippen molar-refractivity contribution in [3.05, 3.63) is 0 Å². The number of hydrogen-bond donors (Lipinski definition) is 0. The van der Waals surface area contributed by atoms with Gasteiger partial charge in [0.15, 0.2) is 0 Å². The molecule has 0 atom stereocenters. The number of carbonyl (C=O) groups excluding carboxylic acids is 2. The standard InChI is InChI=1S/C17H34NO4/c1-10-18(8,9)11-12-21-14(19)16(4,5)17(6,7)15(20)22-13(2)3/h13H,10-12H2,1-9H3/q+1. The topological polar surface area (TPSA) is 52.6 Å². The first-order chi connectivity index (χ1) is 9.78. The molecule has 0 amide bonds. The molecule has 0 aliphatic heterocycles. The van der Waals surface area contributed by atoms with Crippen LogP contribution in [0.1, 0.15) is 48.5 Å². The van der Waals surface area contributed by atoms with Crippen LogP contribution in [0.25, 0.3) is 0 Å². The van der Waals surface area contributed by atoms with Crippen molar-refractivity contribution in [2.24, 2.45) is 10.8 Å². The first-order valence-corrected chi connectivity index (χ1v) is 7.98. The van der Waals surface area contributed by atoms with Gasteiger partial charge in [-0.1, -0.05) is 0 Å². The maximum Gasteiger partial charge on any atom is 0.312 e. The Labute approximate surface area is 135 Å². The van der Waals surface area contributed by atoms with Crippen LogP contribution in [0.3, 0.4) is 0 Å². The Morgan fingerprint density at radius 3 is 1.86 bits per heavy atom. The Bertz CT molecular complexity index is 397. The first kappa shape index (κ1) is 20.9. The van der Waals surface area contributed by atoms with Gasteiger partial charge in [0.1, 0.15) is 13.2 Å². The van der Waals surface area contributed by atoms with Crippen LogP contribution in [0, 0.1) is 10.8 Å². The first-order valence-electron chi connectivity index (χ1n) is 7.98. The molecule has 5 heteroatoms. The van der Waals surface area contributed by atoms with Gasteiger partial charge in [0, 0.05) is 0 Å². The molecule has 0 saturated heterocycles. The van der Waals surface area contributed by atoms with E-state index in [1.807, 2.05) is 0 Å². The van der Waals surface area contributed by atoms with E-state index in [4.69, 9.17) is 9.47 Å². The maximum absolute atomic E-state index is 12.4. The van der Waals surface area contributed by atoms with E-state index in [2.05, 4.69) is 21.0 Å². The lowest BCUT2D eigenvalue weighted by molar-refractivity contribution is -0.888. The van der Waals surface area contributed by atoms with Gasteiger partial charge < -0.3 is 14.0 Å². The van der Waals surface area contributed by atoms with Crippen molar-refractivity contribution < 1.29 is 23.5 Å². The van der Waals surface area contributed by atoms with Crippen molar-refractivity contribution in [3.8, 4) is 0 Å². The van der Waals surface area contributed by atoms with Crippen LogP contribution < -0.4 is 0 Å². The molecule has 130 valence electrons. The number of hydrogen-bond acceptors (Lipinski definition) is 4. The van der Waals surface area contributed by atoms with E-state index in [1.54, 1.807) is 41.5 Å². The highest BCUT2D eigenvalue weighted by Gasteiger charge is 2.50. The summed E-state index contributed by atoms with van der Waals surface area (Å²) in [7, 11) is 4.17. The summed E-state index contributed by atoms with van der Waals surface area (Å²) >= 11 is 0. The average Bonchev–Trinajstić information content (AvgIpc) is 2.37. The molecule has 5 nitrogen and oxygen atoms in total. The fourth-order valence-electron chi connectivity index (χ4n) is 1.60. The Morgan fingerprint density at radius 2 is 1.45 bits per heavy atom. The van der Waals surface area contributed by atoms with Gasteiger partial charge in [-0.2, -0.15) is 0 Å². The second-order valence-corrected chi connectivity index (χ2v) is 7.82. The Hall–Kier alpha value is -1.10. The third-order valence-electron chi connectivity index (χ3n) is 4.71. The zero-order valence-corrected chi connectivity index (χ0v) is 15.8. The van der Waals surface area contributed by atoms with E-state index in [-0.39, 0.29) is 18.0 Å². The second-order valence-electron chi connectivity index (χ2n) is 7.82. The lowest BCUT2D eigenvalue weighted by Gasteiger charge is -2.37. The molecule has 0 bridgehead atoms. The summed E-state index contributed by atoms with van der Waals surface area (Å²) in [5.41, 5.74) is -1.91. The summed E-state index contributed by atoms with van der Waals surface area (Å²) in [4.78, 5) is 24.7. The average molecular weight is 316 g/mol. The highest BCUT2D eigenvalue weighted by Crippen LogP contribution is 2.40. The van der Waals surface area contributed by atoms with Gasteiger partial charge in [-0.05, 0) is 48.5 Å². The van der Waals surface area contributed by atoms with Crippen molar-refractivity contribution in [2.45, 2.75) is 54.6 Å². The molecular weight excluding hydrogens is 282 g/mol. The van der Waals surface area contributed by atoms with Crippen molar-refractivity contribution >= 4 is 11.9 Å². The summed E-state index contributed by atoms with van der Waals surface area (Å²) in [5, 5.41) is 0. The van der Waals surface area contributed by atoms with E-state index in [0.29, 0.717) is 6.61 Å². The molecule has 0 heterocycles. The molecule has 0 saturated carbocycles. The monoisotopic (exact) mass is 316 g/mol. The van der Waals surface area contributed by atoms with Gasteiger partial charge in [-0.25, -0.2) is 0 Å². The highest BCUT2D eigenvalue weighted by atomic mass is 16.5. The minimum absolute atomic E-state index is 0.207. The second kappa shape index (κ2) is 7.44. The van der Waals surface area contributed by atoms with Crippen molar-refractivity contribution in [1.29, 1.82) is 0 Å². The Morgan fingerprint density at radius 1 is 1.00 bits per heavy atom. The summed E-state index contributed by atoms with van der Waals surface area (Å²) in [6.07, 6.45) is -0.207. The summed E-state index contributed by atoms with van der Waals surface area (Å²) in [6.45, 7) is 14.7. The smallest absolute Gasteiger partial charge is 0.312 e. The van der Waals surface area contributed by atoms with Crippen molar-refractivity contribution in [2.75, 3.05) is 33.8 Å². The van der Waals surface area contributed by atoms with Crippen molar-refractivity contribution in [3.63, 3.8) is 0 Å². The number of likely N-dealkylation sites (N-methyl/N-ethyl adjacent to an activating group) is 1. The van der Waals surface area contributed by atoms with Crippen LogP contribution in [-0.4, -0.2) is 56.3 Å². The number of nitrogens with zero attached hydrogens (tertiary/aromatic N) is 1. The predicted octanol–water partition coefficient (Wildman–Crippen LogP) is 2.63. The molecular formula is C17H34NO4+. The van der Waals surface area contributed by atoms with E-state index >= 15 is 0 Å². The molecule has 0 aliphatic rings. The lowest BCUT2D eigenvalue weighted by Crippen LogP contribution is -2.48. The Balaban J connectivity index is 4.83. The molecule has 0 aromatic carbocycles. The summed E-state index contributed by atoms with van der Waals surface area (Å²) in [5.74, 6) is -0.747. The number of quaternary nitrogens is 1. The molecule has 0 aliphatic carbocycles. The number of rotatable bonds is 8. The van der Waals surface area contributed by atoms with E-state index < -0.39 is 10.8 Å². The quantitative estimate of drug-likeness (QED) is 0.510. The number of carbonyl (C=O) groups is 2. The predicted molar refractivity (Wildman–Crippen MR) is 87.3 cm³/mol. The number of ether oxygens (including phenoxy) is 2. The molecule has 0 fully saturated rings. The third-order valence-corrected chi connectivity index (χ3v) is 4.71. The SMILES string of the molecule is CC[N+](C)(C)CCOC(=O)C(C)(C)C(C)(C)C(=O)OC(C)C. The summed E-state index contributed by atoms with van der Waals surface area (Å²) < 4.78 is 11.5. The van der Waals surface area contributed by atoms with Crippen molar-refractivity contribution in [1.82, 2.24) is 0 Å². The zero-order chi connectivity index (χ0) is 17.8. The van der Waals surface area contributed by atoms with E-state index in [1.165, 1.54) is 0 Å². The van der Waals surface area contributed by atoms with Gasteiger partial charge in [0.05, 0.1) is 37.6 Å². The van der Waals surface area contributed by atoms with E-state index in [9.17, 15) is 9.59 Å². The van der Waals surface area contributed by atoms with Crippen LogP contribution in [0.15, 0.2) is 0 Å². The highest BCUT2D eigenvalue weighted by molar-refractivity contribution is 5.87. The fraction of sp³-hybridized carbons (Fsp3) is 0.882. The van der Waals surface area contributed by atoms with Gasteiger partial charge in [0.25, 0.3) is 0 Å². The minimum Gasteiger partial charge on any atom is -0.463 e. The van der Waals surface area contributed by atoms with Gasteiger partial charge in [-0.3, -0.25) is 9.59 Å². The normalized spacial score (nSPS) is 13.2. The molecule has 22 heavy (non-hydrogen) atoms. The zero-order valence-electron chi connectivity index (χ0n) is 15.8. The lowest BCUT2D eigenvalue weighted by atomic mass is 9.68. The largest absolute Gasteiger partial charge is 0.463 e. The summed E-state index contributed by atoms with van der Waals surface area (Å²) in [6, 6.07) is 0. The molecule has 0 aromatic rings. The molecule has 0 radical (unpaired) electrons. The van der Waals surface area contributed by atoms with Gasteiger partial charge in [-0.15, -0.1) is 0 Å². The minimum atomic E-state index is -0.956. The van der Waals surface area contributed by atoms with E-state index in [0.717, 1.165) is 17.6 Å². The van der Waals surface area contributed by atoms with Gasteiger partial charge >= 0.3 is 11.9 Å². The molecule has 0 aromatic heterocycles. The molecule has 0 unspecified atom stereocenters. The van der Waals surface area contributed by atoms with Crippen LogP contribution in [-0.2, 0) is 19.1 Å². The Kier molecular flexibility index (Phi) is 7.07. The van der Waals surface area contributed by atoms with Gasteiger partial charge in [0.2, 0.25) is 0 Å². The molecule has 0 rings (SSSR count). The van der Waals surface area contributed by atoms with Crippen LogP contribution in [0.4, 0.5) is 0 Å².